The van der Waals surface area contributed by atoms with E-state index in [0.29, 0.717) is 0 Å². The van der Waals surface area contributed by atoms with Crippen LogP contribution >= 0.6 is 0 Å². The van der Waals surface area contributed by atoms with Crippen molar-refractivity contribution in [2.75, 3.05) is 0 Å². The summed E-state index contributed by atoms with van der Waals surface area (Å²) in [6.07, 6.45) is -0.123. The molecule has 1 aliphatic rings. The Labute approximate surface area is 50.4 Å². The van der Waals surface area contributed by atoms with E-state index in [9.17, 15) is 9.59 Å². The summed E-state index contributed by atoms with van der Waals surface area (Å²) in [6, 6.07) is 0. The molecular weight excluding hydrogens is 124 g/mol. The van der Waals surface area contributed by atoms with Crippen LogP contribution < -0.4 is 0 Å². The van der Waals surface area contributed by atoms with Crippen molar-refractivity contribution in [3.8, 4) is 0 Å². The lowest BCUT2D eigenvalue weighted by molar-refractivity contribution is -0.136. The van der Waals surface area contributed by atoms with Gasteiger partial charge in [-0.25, -0.2) is 4.79 Å². The van der Waals surface area contributed by atoms with Gasteiger partial charge in [0, 0.05) is 0 Å². The van der Waals surface area contributed by atoms with E-state index >= 15 is 0 Å². The fourth-order valence-electron chi connectivity index (χ4n) is 0.626. The molecule has 0 saturated carbocycles. The van der Waals surface area contributed by atoms with Gasteiger partial charge in [0.25, 0.3) is 0 Å². The first kappa shape index (κ1) is 5.81. The Hall–Kier alpha value is -1.32. The van der Waals surface area contributed by atoms with Gasteiger partial charge in [0.05, 0.1) is 6.42 Å². The molecule has 0 atom stereocenters. The smallest absolute Gasteiger partial charge is 0.342 e. The number of carbonyl (C=O) groups is 2. The van der Waals surface area contributed by atoms with Gasteiger partial charge in [-0.1, -0.05) is 0 Å². The molecule has 0 aromatic heterocycles. The van der Waals surface area contributed by atoms with Gasteiger partial charge >= 0.3 is 5.97 Å². The largest absolute Gasteiger partial charge is 0.511 e. The van der Waals surface area contributed by atoms with Crippen LogP contribution in [0.2, 0.25) is 0 Å². The van der Waals surface area contributed by atoms with Crippen LogP contribution in [-0.2, 0) is 9.59 Å². The fraction of sp³-hybridized carbons (Fsp3) is 0.200. The Kier molecular flexibility index (Phi) is 1.02. The minimum absolute atomic E-state index is 0.123. The highest BCUT2D eigenvalue weighted by Crippen LogP contribution is 2.20. The van der Waals surface area contributed by atoms with Crippen molar-refractivity contribution in [1.82, 2.24) is 0 Å². The minimum Gasteiger partial charge on any atom is -0.511 e. The standard InChI is InChI=1S/C5H4O4/c6-2-1-3(7)4(2)5(8)9/h6H,1H2,(H,8,9). The molecular formula is C5H4O4. The van der Waals surface area contributed by atoms with E-state index in [1.807, 2.05) is 0 Å². The number of carbonyl (C=O) groups excluding carboxylic acids is 1. The van der Waals surface area contributed by atoms with E-state index in [2.05, 4.69) is 0 Å². The van der Waals surface area contributed by atoms with Gasteiger partial charge in [-0.15, -0.1) is 0 Å². The second-order valence-corrected chi connectivity index (χ2v) is 1.73. The van der Waals surface area contributed by atoms with Crippen LogP contribution in [0.4, 0.5) is 0 Å². The number of Topliss-reactive ketones (excluding diaryl/α,β-unsaturated/α-hetero) is 1. The molecule has 1 rings (SSSR count). The first-order valence-electron chi connectivity index (χ1n) is 2.31. The molecule has 0 radical (unpaired) electrons. The van der Waals surface area contributed by atoms with E-state index in [1.54, 1.807) is 0 Å². The summed E-state index contributed by atoms with van der Waals surface area (Å²) in [7, 11) is 0. The van der Waals surface area contributed by atoms with E-state index < -0.39 is 17.3 Å². The van der Waals surface area contributed by atoms with Crippen LogP contribution in [0.5, 0.6) is 0 Å². The summed E-state index contributed by atoms with van der Waals surface area (Å²) < 4.78 is 0. The first-order chi connectivity index (χ1) is 4.13. The average Bonchev–Trinajstić information content (AvgIpc) is 1.62. The van der Waals surface area contributed by atoms with Gasteiger partial charge in [0.1, 0.15) is 11.3 Å². The molecule has 1 aliphatic carbocycles. The fourth-order valence-corrected chi connectivity index (χ4v) is 0.626. The van der Waals surface area contributed by atoms with Gasteiger partial charge in [-0.3, -0.25) is 4.79 Å². The van der Waals surface area contributed by atoms with Crippen molar-refractivity contribution in [3.05, 3.63) is 11.3 Å². The molecule has 0 bridgehead atoms. The summed E-state index contributed by atoms with van der Waals surface area (Å²) in [4.78, 5) is 20.2. The number of aliphatic carboxylic acids is 1. The third-order valence-corrected chi connectivity index (χ3v) is 1.11. The second kappa shape index (κ2) is 1.58. The molecule has 9 heavy (non-hydrogen) atoms. The molecule has 4 nitrogen and oxygen atoms in total. The van der Waals surface area contributed by atoms with Crippen molar-refractivity contribution < 1.29 is 19.8 Å². The van der Waals surface area contributed by atoms with Gasteiger partial charge < -0.3 is 10.2 Å². The third kappa shape index (κ3) is 0.679. The van der Waals surface area contributed by atoms with Gasteiger partial charge in [-0.05, 0) is 0 Å². The maximum atomic E-state index is 10.3. The Balaban J connectivity index is 2.93. The lowest BCUT2D eigenvalue weighted by atomic mass is 9.95. The number of carboxylic acid groups (broad SMARTS) is 1. The summed E-state index contributed by atoms with van der Waals surface area (Å²) in [6.45, 7) is 0. The lowest BCUT2D eigenvalue weighted by Gasteiger charge is -2.11. The number of aliphatic hydroxyl groups excluding tert-OH is 1. The van der Waals surface area contributed by atoms with Crippen LogP contribution in [0.15, 0.2) is 11.3 Å². The number of hydrogen-bond acceptors (Lipinski definition) is 3. The molecule has 0 fully saturated rings. The van der Waals surface area contributed by atoms with E-state index in [0.717, 1.165) is 0 Å². The van der Waals surface area contributed by atoms with Gasteiger partial charge in [0.2, 0.25) is 0 Å². The van der Waals surface area contributed by atoms with Crippen molar-refractivity contribution in [2.24, 2.45) is 0 Å². The summed E-state index contributed by atoms with van der Waals surface area (Å²) in [5.74, 6) is -2.16. The van der Waals surface area contributed by atoms with Crippen molar-refractivity contribution in [3.63, 3.8) is 0 Å². The molecule has 0 heterocycles. The molecule has 0 aromatic rings. The number of ketones is 1. The van der Waals surface area contributed by atoms with Gasteiger partial charge in [0.15, 0.2) is 5.78 Å². The number of carboxylic acids is 1. The predicted molar refractivity (Wildman–Crippen MR) is 26.9 cm³/mol. The van der Waals surface area contributed by atoms with Crippen molar-refractivity contribution in [2.45, 2.75) is 6.42 Å². The second-order valence-electron chi connectivity index (χ2n) is 1.73. The van der Waals surface area contributed by atoms with Gasteiger partial charge in [-0.2, -0.15) is 0 Å². The third-order valence-electron chi connectivity index (χ3n) is 1.11. The molecule has 0 aromatic carbocycles. The topological polar surface area (TPSA) is 74.6 Å². The molecule has 0 unspecified atom stereocenters. The van der Waals surface area contributed by atoms with Crippen LogP contribution in [0.3, 0.4) is 0 Å². The highest BCUT2D eigenvalue weighted by molar-refractivity contribution is 6.22. The van der Waals surface area contributed by atoms with Crippen LogP contribution in [0.1, 0.15) is 6.42 Å². The number of allylic oxidation sites excluding steroid dienone is 1. The molecule has 48 valence electrons. The van der Waals surface area contributed by atoms with Crippen LogP contribution in [0.25, 0.3) is 0 Å². The minimum atomic E-state index is -1.34. The quantitative estimate of drug-likeness (QED) is 0.482. The summed E-state index contributed by atoms with van der Waals surface area (Å²) in [5, 5.41) is 16.7. The van der Waals surface area contributed by atoms with Crippen molar-refractivity contribution >= 4 is 11.8 Å². The Morgan fingerprint density at radius 1 is 1.56 bits per heavy atom. The molecule has 2 N–H and O–H groups in total. The zero-order valence-corrected chi connectivity index (χ0v) is 4.42. The molecule has 0 spiro atoms. The normalized spacial score (nSPS) is 17.6. The van der Waals surface area contributed by atoms with Crippen LogP contribution in [0, 0.1) is 0 Å². The van der Waals surface area contributed by atoms with E-state index in [-0.39, 0.29) is 12.2 Å². The maximum absolute atomic E-state index is 10.3. The zero-order valence-electron chi connectivity index (χ0n) is 4.42. The molecule has 4 heteroatoms. The maximum Gasteiger partial charge on any atom is 0.342 e. The Morgan fingerprint density at radius 2 is 2.11 bits per heavy atom. The Morgan fingerprint density at radius 3 is 2.22 bits per heavy atom. The molecule has 0 saturated heterocycles. The average molecular weight is 128 g/mol. The monoisotopic (exact) mass is 128 g/mol. The number of hydrogen-bond donors (Lipinski definition) is 2. The SMILES string of the molecule is O=C(O)C1=C(O)CC1=O. The number of aliphatic hydroxyl groups is 1. The summed E-state index contributed by atoms with van der Waals surface area (Å²) in [5.41, 5.74) is -0.463. The van der Waals surface area contributed by atoms with E-state index in [4.69, 9.17) is 10.2 Å². The number of rotatable bonds is 1. The highest BCUT2D eigenvalue weighted by atomic mass is 16.4. The molecule has 0 amide bonds. The van der Waals surface area contributed by atoms with Crippen LogP contribution in [-0.4, -0.2) is 22.0 Å². The summed E-state index contributed by atoms with van der Waals surface area (Å²) >= 11 is 0. The highest BCUT2D eigenvalue weighted by Gasteiger charge is 2.32. The molecule has 0 aliphatic heterocycles. The van der Waals surface area contributed by atoms with E-state index in [1.165, 1.54) is 0 Å². The Bertz CT molecular complexity index is 213. The first-order valence-corrected chi connectivity index (χ1v) is 2.31. The zero-order chi connectivity index (χ0) is 7.02. The lowest BCUT2D eigenvalue weighted by Crippen LogP contribution is -2.24. The van der Waals surface area contributed by atoms with Crippen molar-refractivity contribution in [1.29, 1.82) is 0 Å². The predicted octanol–water partition coefficient (Wildman–Crippen LogP) is -0.144.